The van der Waals surface area contributed by atoms with Crippen molar-refractivity contribution in [2.24, 2.45) is 0 Å². The summed E-state index contributed by atoms with van der Waals surface area (Å²) in [4.78, 5) is 34.4. The molecular formula is C20H21B2F8N6O2Ru. The molecule has 0 atom stereocenters. The van der Waals surface area contributed by atoms with Crippen molar-refractivity contribution in [3.8, 4) is 0 Å². The third-order valence-electron chi connectivity index (χ3n) is 3.83. The van der Waals surface area contributed by atoms with Gasteiger partial charge in [0.2, 0.25) is 0 Å². The largest absolute Gasteiger partial charge is 3.00 e. The van der Waals surface area contributed by atoms with Gasteiger partial charge in [0.1, 0.15) is 5.69 Å². The third kappa shape index (κ3) is 24.7. The third-order valence-corrected chi connectivity index (χ3v) is 3.83. The smallest absolute Gasteiger partial charge is 0.577 e. The number of rotatable bonds is 8. The zero-order valence-electron chi connectivity index (χ0n) is 19.8. The Hall–Kier alpha value is -3.33. The molecule has 0 spiro atoms. The van der Waals surface area contributed by atoms with Crippen LogP contribution < -0.4 is 5.32 Å². The molecule has 3 rings (SSSR count). The number of pyridine rings is 3. The number of nitrogens with one attached hydrogen (secondary N) is 1. The fraction of sp³-hybridized carbons (Fsp3) is 0.200. The Morgan fingerprint density at radius 3 is 1.44 bits per heavy atom. The van der Waals surface area contributed by atoms with Gasteiger partial charge in [0.25, 0.3) is 5.91 Å². The van der Waals surface area contributed by atoms with Crippen LogP contribution in [0.5, 0.6) is 0 Å². The fourth-order valence-corrected chi connectivity index (χ4v) is 2.57. The number of amides is 1. The molecule has 39 heavy (non-hydrogen) atoms. The van der Waals surface area contributed by atoms with Gasteiger partial charge >= 0.3 is 34.0 Å². The summed E-state index contributed by atoms with van der Waals surface area (Å²) in [6.07, 6.45) is 5.19. The van der Waals surface area contributed by atoms with Crippen LogP contribution in [0.4, 0.5) is 34.5 Å². The molecule has 0 saturated heterocycles. The molecule has 19 heteroatoms. The summed E-state index contributed by atoms with van der Waals surface area (Å²) in [6, 6.07) is 17.0. The van der Waals surface area contributed by atoms with Gasteiger partial charge in [-0.05, 0) is 36.4 Å². The van der Waals surface area contributed by atoms with Crippen molar-refractivity contribution in [3.63, 3.8) is 0 Å². The monoisotopic (exact) mass is 653 g/mol. The summed E-state index contributed by atoms with van der Waals surface area (Å²) in [7, 11) is -12.0. The standard InChI is InChI=1S/C20H21N5O.2BF4.NO.Ru/c26-20(19-9-3-6-12-23-19)24-13-14-25(15-17-7-1-4-10-21-17)16-18-8-2-5-11-22-18;2*2-1(3,4)5;1-2;/h1-12H,13-16H2,(H,24,26);;;;/q;3*-1;+3. The minimum Gasteiger partial charge on any atom is -0.577 e. The molecule has 0 aliphatic heterocycles. The van der Waals surface area contributed by atoms with Crippen LogP contribution >= 0.6 is 0 Å². The fourth-order valence-electron chi connectivity index (χ4n) is 2.57. The second-order valence-electron chi connectivity index (χ2n) is 6.81. The Balaban J connectivity index is 0. The van der Waals surface area contributed by atoms with E-state index in [2.05, 4.69) is 25.2 Å². The van der Waals surface area contributed by atoms with Crippen molar-refractivity contribution in [2.75, 3.05) is 13.1 Å². The quantitative estimate of drug-likeness (QED) is 0.264. The van der Waals surface area contributed by atoms with Gasteiger partial charge in [-0.15, -0.1) is 0 Å². The molecule has 1 N–H and O–H groups in total. The molecule has 1 amide bonds. The first kappa shape index (κ1) is 37.8. The minimum absolute atomic E-state index is 0. The molecule has 1 radical (unpaired) electrons. The minimum atomic E-state index is -6.00. The van der Waals surface area contributed by atoms with Crippen molar-refractivity contribution >= 4 is 20.4 Å². The molecule has 0 aliphatic rings. The van der Waals surface area contributed by atoms with Crippen LogP contribution in [0.3, 0.4) is 0 Å². The number of carbonyl (C=O) groups excluding carboxylic acids is 1. The van der Waals surface area contributed by atoms with E-state index >= 15 is 0 Å². The summed E-state index contributed by atoms with van der Waals surface area (Å²) in [5, 5.41) is 2.92. The van der Waals surface area contributed by atoms with Gasteiger partial charge in [0, 0.05) is 44.8 Å². The van der Waals surface area contributed by atoms with Crippen molar-refractivity contribution < 1.29 is 58.8 Å². The average molecular weight is 652 g/mol. The number of aromatic nitrogens is 3. The normalized spacial score (nSPS) is 10.3. The van der Waals surface area contributed by atoms with Crippen molar-refractivity contribution in [3.05, 3.63) is 101 Å². The van der Waals surface area contributed by atoms with Gasteiger partial charge in [-0.3, -0.25) is 24.6 Å². The molecule has 0 aliphatic carbocycles. The molecule has 3 aromatic rings. The van der Waals surface area contributed by atoms with Gasteiger partial charge in [0.05, 0.1) is 11.4 Å². The van der Waals surface area contributed by atoms with Gasteiger partial charge in [0.15, 0.2) is 0 Å². The maximum absolute atomic E-state index is 12.1. The topological polar surface area (TPSA) is 110 Å². The van der Waals surface area contributed by atoms with Gasteiger partial charge in [-0.25, -0.2) is 0 Å². The van der Waals surface area contributed by atoms with Gasteiger partial charge in [-0.1, -0.05) is 18.2 Å². The second-order valence-corrected chi connectivity index (χ2v) is 6.81. The van der Waals surface area contributed by atoms with Crippen LogP contribution in [-0.4, -0.2) is 53.4 Å². The first-order chi connectivity index (χ1) is 17.8. The van der Waals surface area contributed by atoms with Crippen molar-refractivity contribution in [2.45, 2.75) is 13.1 Å². The van der Waals surface area contributed by atoms with Gasteiger partial charge in [-0.2, -0.15) is 0 Å². The number of hydrogen-bond acceptors (Lipinski definition) is 6. The van der Waals surface area contributed by atoms with Crippen LogP contribution in [0, 0.1) is 4.91 Å². The molecule has 3 aromatic heterocycles. The first-order valence-electron chi connectivity index (χ1n) is 10.5. The summed E-state index contributed by atoms with van der Waals surface area (Å²) >= 11 is 0. The van der Waals surface area contributed by atoms with Crippen LogP contribution in [0.25, 0.3) is 5.59 Å². The van der Waals surface area contributed by atoms with E-state index in [4.69, 9.17) is 10.5 Å². The number of hydrogen-bond donors (Lipinski definition) is 1. The van der Waals surface area contributed by atoms with Crippen LogP contribution in [0.2, 0.25) is 0 Å². The van der Waals surface area contributed by atoms with E-state index in [9.17, 15) is 39.3 Å². The Morgan fingerprint density at radius 2 is 1.10 bits per heavy atom. The molecule has 0 unspecified atom stereocenters. The Bertz CT molecular complexity index is 964. The van der Waals surface area contributed by atoms with E-state index in [0.29, 0.717) is 31.9 Å². The Morgan fingerprint density at radius 1 is 0.718 bits per heavy atom. The van der Waals surface area contributed by atoms with E-state index in [-0.39, 0.29) is 25.4 Å². The van der Waals surface area contributed by atoms with Crippen LogP contribution in [0.1, 0.15) is 21.9 Å². The zero-order chi connectivity index (χ0) is 29.0. The molecule has 213 valence electrons. The summed E-state index contributed by atoms with van der Waals surface area (Å²) in [5.41, 5.74) is 8.15. The molecular weight excluding hydrogens is 631 g/mol. The Labute approximate surface area is 231 Å². The van der Waals surface area contributed by atoms with Crippen molar-refractivity contribution in [1.29, 1.82) is 0 Å². The van der Waals surface area contributed by atoms with E-state index in [1.165, 1.54) is 0 Å². The van der Waals surface area contributed by atoms with E-state index in [1.807, 2.05) is 36.4 Å². The summed E-state index contributed by atoms with van der Waals surface area (Å²) < 4.78 is 78.0. The van der Waals surface area contributed by atoms with E-state index in [0.717, 1.165) is 11.4 Å². The maximum Gasteiger partial charge on any atom is 3.00 e. The van der Waals surface area contributed by atoms with Gasteiger partial charge < -0.3 is 50.3 Å². The molecule has 0 fully saturated rings. The maximum atomic E-state index is 12.1. The van der Waals surface area contributed by atoms with Crippen molar-refractivity contribution in [1.82, 2.24) is 25.2 Å². The summed E-state index contributed by atoms with van der Waals surface area (Å²) in [5.74, 6) is -0.166. The Kier molecular flexibility index (Phi) is 20.0. The number of carbonyl (C=O) groups is 1. The number of nitrogens with zero attached hydrogens (tertiary/aromatic N) is 5. The van der Waals surface area contributed by atoms with Crippen LogP contribution in [0.15, 0.2) is 73.2 Å². The molecule has 0 saturated carbocycles. The second kappa shape index (κ2) is 20.6. The predicted molar refractivity (Wildman–Crippen MR) is 126 cm³/mol. The number of halogens is 8. The predicted octanol–water partition coefficient (Wildman–Crippen LogP) is 5.22. The average Bonchev–Trinajstić information content (AvgIpc) is 2.85. The first-order valence-corrected chi connectivity index (χ1v) is 10.5. The molecule has 0 bridgehead atoms. The zero-order valence-corrected chi connectivity index (χ0v) is 21.6. The van der Waals surface area contributed by atoms with Crippen LogP contribution in [-0.2, 0) is 32.6 Å². The molecule has 0 aromatic carbocycles. The SMILES string of the molecule is F[B-](F)(F)F.F[B-](F)(F)F.O=C(NCCN(Cc1ccccn1)Cc1ccccn1)c1ccccn1.[N-]=O.[Ru+3]. The summed E-state index contributed by atoms with van der Waals surface area (Å²) in [6.45, 7) is 2.59. The van der Waals surface area contributed by atoms with E-state index < -0.39 is 14.5 Å². The van der Waals surface area contributed by atoms with E-state index in [1.54, 1.807) is 36.8 Å². The molecule has 3 heterocycles. The number of nitroso groups, excluding NO2 is 1. The molecule has 8 nitrogen and oxygen atoms in total.